The van der Waals surface area contributed by atoms with Crippen molar-refractivity contribution in [2.45, 2.75) is 4.90 Å². The molecule has 0 radical (unpaired) electrons. The maximum absolute atomic E-state index is 13.9. The molecule has 0 N–H and O–H groups in total. The van der Waals surface area contributed by atoms with Crippen molar-refractivity contribution in [3.8, 4) is 34.4 Å². The normalized spacial score (nSPS) is 11.1. The summed E-state index contributed by atoms with van der Waals surface area (Å²) >= 11 is 0. The molecule has 0 heterocycles. The van der Waals surface area contributed by atoms with Crippen LogP contribution < -0.4 is 8.92 Å². The van der Waals surface area contributed by atoms with Crippen molar-refractivity contribution in [3.63, 3.8) is 0 Å². The molecule has 0 aliphatic rings. The average molecular weight is 517 g/mol. The number of hydrogen-bond acceptors (Lipinski definition) is 5. The Kier molecular flexibility index (Phi) is 6.63. The molecule has 4 rings (SSSR count). The van der Waals surface area contributed by atoms with Gasteiger partial charge in [0.25, 0.3) is 0 Å². The predicted octanol–water partition coefficient (Wildman–Crippen LogP) is 6.48. The first-order chi connectivity index (χ1) is 17.1. The Morgan fingerprint density at radius 1 is 0.694 bits per heavy atom. The minimum Gasteiger partial charge on any atom is -0.455 e. The van der Waals surface area contributed by atoms with Gasteiger partial charge in [0.15, 0.2) is 0 Å². The molecular weight excluding hydrogens is 505 g/mol. The zero-order chi connectivity index (χ0) is 26.0. The summed E-state index contributed by atoms with van der Waals surface area (Å²) in [7, 11) is -5.12. The molecule has 0 aliphatic heterocycles. The first kappa shape index (κ1) is 24.7. The van der Waals surface area contributed by atoms with Crippen molar-refractivity contribution in [2.24, 2.45) is 0 Å². The molecule has 0 saturated heterocycles. The highest BCUT2D eigenvalue weighted by molar-refractivity contribution is 7.87. The van der Waals surface area contributed by atoms with Crippen LogP contribution in [0.2, 0.25) is 0 Å². The molecule has 0 amide bonds. The standard InChI is InChI=1S/C25H12F5NO4S/c26-20-21(27)23(29)25(24(30)22(20)28)35-36(32,33)16-10-11-18(15(12-16)13-31)34-19-9-5-4-8-17(19)14-6-2-1-3-7-14/h1-12H. The Hall–Kier alpha value is -4.43. The highest BCUT2D eigenvalue weighted by Crippen LogP contribution is 2.36. The summed E-state index contributed by atoms with van der Waals surface area (Å²) in [5.41, 5.74) is 1.18. The summed E-state index contributed by atoms with van der Waals surface area (Å²) in [5.74, 6) is -13.9. The second-order valence-electron chi connectivity index (χ2n) is 7.17. The van der Waals surface area contributed by atoms with Crippen LogP contribution in [0.3, 0.4) is 0 Å². The highest BCUT2D eigenvalue weighted by Gasteiger charge is 2.31. The van der Waals surface area contributed by atoms with E-state index in [-0.39, 0.29) is 11.3 Å². The molecule has 0 fully saturated rings. The van der Waals surface area contributed by atoms with E-state index in [9.17, 15) is 35.6 Å². The minimum atomic E-state index is -5.12. The molecule has 0 spiro atoms. The molecule has 0 aromatic heterocycles. The minimum absolute atomic E-state index is 0.0592. The molecule has 182 valence electrons. The Bertz CT molecular complexity index is 1590. The second kappa shape index (κ2) is 9.67. The number of ether oxygens (including phenoxy) is 1. The smallest absolute Gasteiger partial charge is 0.339 e. The van der Waals surface area contributed by atoms with Gasteiger partial charge in [0.1, 0.15) is 22.5 Å². The van der Waals surface area contributed by atoms with E-state index < -0.39 is 49.8 Å². The van der Waals surface area contributed by atoms with Gasteiger partial charge in [0, 0.05) is 5.56 Å². The second-order valence-corrected chi connectivity index (χ2v) is 8.72. The van der Waals surface area contributed by atoms with Gasteiger partial charge in [0.2, 0.25) is 34.8 Å². The van der Waals surface area contributed by atoms with Crippen molar-refractivity contribution < 1.29 is 39.3 Å². The van der Waals surface area contributed by atoms with Gasteiger partial charge in [-0.15, -0.1) is 0 Å². The Morgan fingerprint density at radius 3 is 1.92 bits per heavy atom. The van der Waals surface area contributed by atoms with Gasteiger partial charge < -0.3 is 8.92 Å². The molecule has 4 aromatic rings. The lowest BCUT2D eigenvalue weighted by atomic mass is 10.0. The lowest BCUT2D eigenvalue weighted by molar-refractivity contribution is 0.346. The van der Waals surface area contributed by atoms with Gasteiger partial charge in [-0.3, -0.25) is 0 Å². The third-order valence-electron chi connectivity index (χ3n) is 4.91. The van der Waals surface area contributed by atoms with E-state index in [4.69, 9.17) is 4.74 Å². The van der Waals surface area contributed by atoms with E-state index in [1.165, 1.54) is 0 Å². The van der Waals surface area contributed by atoms with Crippen LogP contribution in [0.1, 0.15) is 5.56 Å². The molecule has 0 unspecified atom stereocenters. The fourth-order valence-electron chi connectivity index (χ4n) is 3.19. The number of nitrogens with zero attached hydrogens (tertiary/aromatic N) is 1. The lowest BCUT2D eigenvalue weighted by Gasteiger charge is -2.14. The van der Waals surface area contributed by atoms with Gasteiger partial charge in [-0.25, -0.2) is 13.2 Å². The fourth-order valence-corrected chi connectivity index (χ4v) is 4.15. The molecule has 11 heteroatoms. The average Bonchev–Trinajstić information content (AvgIpc) is 2.90. The van der Waals surface area contributed by atoms with Crippen LogP contribution in [0.4, 0.5) is 22.0 Å². The number of nitriles is 1. The highest BCUT2D eigenvalue weighted by atomic mass is 32.2. The van der Waals surface area contributed by atoms with Crippen LogP contribution in [-0.2, 0) is 10.1 Å². The van der Waals surface area contributed by atoms with Gasteiger partial charge in [-0.2, -0.15) is 22.5 Å². The SMILES string of the molecule is N#Cc1cc(S(=O)(=O)Oc2c(F)c(F)c(F)c(F)c2F)ccc1Oc1ccccc1-c1ccccc1. The third-order valence-corrected chi connectivity index (χ3v) is 6.13. The summed E-state index contributed by atoms with van der Waals surface area (Å²) in [6, 6.07) is 20.5. The quantitative estimate of drug-likeness (QED) is 0.127. The molecule has 0 aliphatic carbocycles. The van der Waals surface area contributed by atoms with E-state index in [1.54, 1.807) is 30.3 Å². The zero-order valence-electron chi connectivity index (χ0n) is 17.8. The van der Waals surface area contributed by atoms with Crippen LogP contribution in [-0.4, -0.2) is 8.42 Å². The van der Waals surface area contributed by atoms with Crippen LogP contribution in [0.25, 0.3) is 11.1 Å². The van der Waals surface area contributed by atoms with E-state index in [0.29, 0.717) is 11.3 Å². The zero-order valence-corrected chi connectivity index (χ0v) is 18.6. The molecular formula is C25H12F5NO4S. The van der Waals surface area contributed by atoms with Crippen LogP contribution in [0, 0.1) is 40.4 Å². The number of rotatable bonds is 6. The lowest BCUT2D eigenvalue weighted by Crippen LogP contribution is -2.14. The van der Waals surface area contributed by atoms with Gasteiger partial charge in [0.05, 0.1) is 5.56 Å². The monoisotopic (exact) mass is 517 g/mol. The molecule has 0 atom stereocenters. The van der Waals surface area contributed by atoms with Gasteiger partial charge in [-0.1, -0.05) is 48.5 Å². The van der Waals surface area contributed by atoms with Gasteiger partial charge in [-0.05, 0) is 29.8 Å². The number of hydrogen-bond donors (Lipinski definition) is 0. The molecule has 5 nitrogen and oxygen atoms in total. The van der Waals surface area contributed by atoms with Crippen molar-refractivity contribution in [1.82, 2.24) is 0 Å². The van der Waals surface area contributed by atoms with E-state index in [0.717, 1.165) is 23.8 Å². The van der Waals surface area contributed by atoms with E-state index in [2.05, 4.69) is 4.18 Å². The first-order valence-corrected chi connectivity index (χ1v) is 11.4. The molecule has 0 saturated carbocycles. The largest absolute Gasteiger partial charge is 0.455 e. The molecule has 0 bridgehead atoms. The van der Waals surface area contributed by atoms with Crippen molar-refractivity contribution >= 4 is 10.1 Å². The molecule has 36 heavy (non-hydrogen) atoms. The summed E-state index contributed by atoms with van der Waals surface area (Å²) in [4.78, 5) is -0.785. The van der Waals surface area contributed by atoms with E-state index in [1.807, 2.05) is 30.3 Å². The summed E-state index contributed by atoms with van der Waals surface area (Å²) in [6.07, 6.45) is 0. The van der Waals surface area contributed by atoms with Crippen molar-refractivity contribution in [1.29, 1.82) is 5.26 Å². The number of benzene rings is 4. The maximum atomic E-state index is 13.9. The van der Waals surface area contributed by atoms with Crippen LogP contribution in [0.5, 0.6) is 17.2 Å². The summed E-state index contributed by atoms with van der Waals surface area (Å²) < 4.78 is 103. The van der Waals surface area contributed by atoms with Crippen molar-refractivity contribution in [3.05, 3.63) is 107 Å². The van der Waals surface area contributed by atoms with E-state index >= 15 is 0 Å². The third kappa shape index (κ3) is 4.58. The van der Waals surface area contributed by atoms with Crippen LogP contribution in [0.15, 0.2) is 77.7 Å². The molecule has 4 aromatic carbocycles. The topological polar surface area (TPSA) is 76.4 Å². The maximum Gasteiger partial charge on any atom is 0.339 e. The van der Waals surface area contributed by atoms with Crippen LogP contribution >= 0.6 is 0 Å². The fraction of sp³-hybridized carbons (Fsp3) is 0. The Morgan fingerprint density at radius 2 is 1.28 bits per heavy atom. The van der Waals surface area contributed by atoms with Gasteiger partial charge >= 0.3 is 10.1 Å². The summed E-state index contributed by atoms with van der Waals surface area (Å²) in [5, 5.41) is 9.53. The predicted molar refractivity (Wildman–Crippen MR) is 117 cm³/mol. The summed E-state index contributed by atoms with van der Waals surface area (Å²) in [6.45, 7) is 0. The first-order valence-electron chi connectivity index (χ1n) is 9.96. The number of halogens is 5. The van der Waals surface area contributed by atoms with Crippen molar-refractivity contribution in [2.75, 3.05) is 0 Å². The number of para-hydroxylation sites is 1. The Balaban J connectivity index is 1.69. The Labute approximate surface area is 201 Å².